The van der Waals surface area contributed by atoms with Gasteiger partial charge in [-0.3, -0.25) is 14.7 Å². The average Bonchev–Trinajstić information content (AvgIpc) is 2.95. The zero-order valence-corrected chi connectivity index (χ0v) is 11.2. The summed E-state index contributed by atoms with van der Waals surface area (Å²) in [7, 11) is 0. The first-order chi connectivity index (χ1) is 10.2. The molecule has 0 atom stereocenters. The van der Waals surface area contributed by atoms with Gasteiger partial charge in [0.1, 0.15) is 6.61 Å². The number of hydrogen-bond acceptors (Lipinski definition) is 4. The van der Waals surface area contributed by atoms with Gasteiger partial charge in [-0.25, -0.2) is 4.79 Å². The summed E-state index contributed by atoms with van der Waals surface area (Å²) < 4.78 is 4.88. The third-order valence-electron chi connectivity index (χ3n) is 3.14. The van der Waals surface area contributed by atoms with E-state index in [1.54, 1.807) is 53.7 Å². The molecule has 0 aliphatic carbocycles. The van der Waals surface area contributed by atoms with Crippen LogP contribution in [-0.2, 0) is 4.74 Å². The topological polar surface area (TPSA) is 71.5 Å². The minimum Gasteiger partial charge on any atom is -0.447 e. The van der Waals surface area contributed by atoms with E-state index in [2.05, 4.69) is 10.3 Å². The van der Waals surface area contributed by atoms with Crippen LogP contribution < -0.4 is 10.2 Å². The molecule has 0 radical (unpaired) electrons. The maximum absolute atomic E-state index is 12.0. The lowest BCUT2D eigenvalue weighted by Crippen LogP contribution is -2.23. The highest BCUT2D eigenvalue weighted by Gasteiger charge is 2.23. The van der Waals surface area contributed by atoms with Crippen LogP contribution in [0.4, 0.5) is 16.2 Å². The molecule has 6 heteroatoms. The summed E-state index contributed by atoms with van der Waals surface area (Å²) in [5.41, 5.74) is 1.95. The SMILES string of the molecule is O=C(Nc1ccc(N2CCOC2=O)cc1)c1ccncc1. The maximum atomic E-state index is 12.0. The summed E-state index contributed by atoms with van der Waals surface area (Å²) in [6.07, 6.45) is 2.79. The van der Waals surface area contributed by atoms with Crippen molar-refractivity contribution in [3.05, 3.63) is 54.4 Å². The lowest BCUT2D eigenvalue weighted by atomic mass is 10.2. The molecule has 3 rings (SSSR count). The smallest absolute Gasteiger partial charge is 0.414 e. The summed E-state index contributed by atoms with van der Waals surface area (Å²) in [6.45, 7) is 0.945. The molecule has 0 saturated carbocycles. The van der Waals surface area contributed by atoms with E-state index in [1.165, 1.54) is 0 Å². The molecule has 106 valence electrons. The number of aromatic nitrogens is 1. The quantitative estimate of drug-likeness (QED) is 0.938. The summed E-state index contributed by atoms with van der Waals surface area (Å²) in [6, 6.07) is 10.3. The van der Waals surface area contributed by atoms with Gasteiger partial charge in [0.2, 0.25) is 0 Å². The Kier molecular flexibility index (Phi) is 3.51. The summed E-state index contributed by atoms with van der Waals surface area (Å²) in [5, 5.41) is 2.79. The maximum Gasteiger partial charge on any atom is 0.414 e. The first kappa shape index (κ1) is 13.1. The second-order valence-electron chi connectivity index (χ2n) is 4.50. The number of rotatable bonds is 3. The molecule has 2 heterocycles. The van der Waals surface area contributed by atoms with Gasteiger partial charge in [-0.2, -0.15) is 0 Å². The Morgan fingerprint density at radius 2 is 1.86 bits per heavy atom. The first-order valence-corrected chi connectivity index (χ1v) is 6.50. The van der Waals surface area contributed by atoms with E-state index < -0.39 is 0 Å². The van der Waals surface area contributed by atoms with Crippen molar-refractivity contribution in [2.24, 2.45) is 0 Å². The van der Waals surface area contributed by atoms with Gasteiger partial charge in [-0.1, -0.05) is 0 Å². The largest absolute Gasteiger partial charge is 0.447 e. The lowest BCUT2D eigenvalue weighted by Gasteiger charge is -2.13. The van der Waals surface area contributed by atoms with Crippen LogP contribution >= 0.6 is 0 Å². The molecule has 1 aromatic carbocycles. The van der Waals surface area contributed by atoms with Crippen LogP contribution in [0.5, 0.6) is 0 Å². The number of amides is 2. The highest BCUT2D eigenvalue weighted by molar-refractivity contribution is 6.04. The van der Waals surface area contributed by atoms with Crippen LogP contribution in [-0.4, -0.2) is 30.1 Å². The Labute approximate surface area is 121 Å². The molecule has 1 fully saturated rings. The molecular formula is C15H13N3O3. The molecule has 1 aliphatic heterocycles. The number of nitrogens with zero attached hydrogens (tertiary/aromatic N) is 2. The predicted molar refractivity (Wildman–Crippen MR) is 77.3 cm³/mol. The number of hydrogen-bond donors (Lipinski definition) is 1. The fourth-order valence-corrected chi connectivity index (χ4v) is 2.06. The normalized spacial score (nSPS) is 13.9. The number of cyclic esters (lactones) is 1. The van der Waals surface area contributed by atoms with Crippen molar-refractivity contribution >= 4 is 23.4 Å². The number of pyridine rings is 1. The molecule has 2 aromatic rings. The van der Waals surface area contributed by atoms with Gasteiger partial charge in [0.05, 0.1) is 6.54 Å². The number of carbonyl (C=O) groups is 2. The van der Waals surface area contributed by atoms with E-state index in [0.717, 1.165) is 5.69 Å². The predicted octanol–water partition coefficient (Wildman–Crippen LogP) is 2.29. The van der Waals surface area contributed by atoms with Gasteiger partial charge in [0.15, 0.2) is 0 Å². The summed E-state index contributed by atoms with van der Waals surface area (Å²) in [4.78, 5) is 28.9. The number of nitrogens with one attached hydrogen (secondary N) is 1. The van der Waals surface area contributed by atoms with E-state index in [0.29, 0.717) is 24.4 Å². The molecule has 6 nitrogen and oxygen atoms in total. The monoisotopic (exact) mass is 283 g/mol. The Bertz CT molecular complexity index is 656. The third-order valence-corrected chi connectivity index (χ3v) is 3.14. The van der Waals surface area contributed by atoms with E-state index in [4.69, 9.17) is 4.74 Å². The molecule has 1 aromatic heterocycles. The van der Waals surface area contributed by atoms with Gasteiger partial charge in [0.25, 0.3) is 5.91 Å². The molecule has 21 heavy (non-hydrogen) atoms. The van der Waals surface area contributed by atoms with E-state index in [9.17, 15) is 9.59 Å². The Balaban J connectivity index is 1.70. The Hall–Kier alpha value is -2.89. The van der Waals surface area contributed by atoms with Crippen molar-refractivity contribution in [1.82, 2.24) is 4.98 Å². The second-order valence-corrected chi connectivity index (χ2v) is 4.50. The number of ether oxygens (including phenoxy) is 1. The van der Waals surface area contributed by atoms with E-state index >= 15 is 0 Å². The molecule has 1 saturated heterocycles. The van der Waals surface area contributed by atoms with Crippen LogP contribution in [0.1, 0.15) is 10.4 Å². The molecule has 1 aliphatic rings. The van der Waals surface area contributed by atoms with Crippen LogP contribution in [0.25, 0.3) is 0 Å². The number of benzene rings is 1. The highest BCUT2D eigenvalue weighted by Crippen LogP contribution is 2.21. The molecular weight excluding hydrogens is 270 g/mol. The highest BCUT2D eigenvalue weighted by atomic mass is 16.6. The van der Waals surface area contributed by atoms with Gasteiger partial charge in [-0.15, -0.1) is 0 Å². The standard InChI is InChI=1S/C15H13N3O3/c19-14(11-5-7-16-8-6-11)17-12-1-3-13(4-2-12)18-9-10-21-15(18)20/h1-8H,9-10H2,(H,17,19). The lowest BCUT2D eigenvalue weighted by molar-refractivity contribution is 0.102. The van der Waals surface area contributed by atoms with Crippen molar-refractivity contribution in [2.75, 3.05) is 23.4 Å². The van der Waals surface area contributed by atoms with Gasteiger partial charge >= 0.3 is 6.09 Å². The third kappa shape index (κ3) is 2.84. The minimum absolute atomic E-state index is 0.203. The van der Waals surface area contributed by atoms with Crippen LogP contribution in [0.2, 0.25) is 0 Å². The van der Waals surface area contributed by atoms with Gasteiger partial charge < -0.3 is 10.1 Å². The molecule has 1 N–H and O–H groups in total. The van der Waals surface area contributed by atoms with Crippen molar-refractivity contribution in [2.45, 2.75) is 0 Å². The zero-order valence-electron chi connectivity index (χ0n) is 11.2. The molecule has 0 bridgehead atoms. The van der Waals surface area contributed by atoms with Crippen molar-refractivity contribution in [3.8, 4) is 0 Å². The number of anilines is 2. The van der Waals surface area contributed by atoms with Crippen LogP contribution in [0.3, 0.4) is 0 Å². The minimum atomic E-state index is -0.344. The van der Waals surface area contributed by atoms with Gasteiger partial charge in [-0.05, 0) is 36.4 Å². The zero-order chi connectivity index (χ0) is 14.7. The summed E-state index contributed by atoms with van der Waals surface area (Å²) >= 11 is 0. The van der Waals surface area contributed by atoms with E-state index in [-0.39, 0.29) is 12.0 Å². The second kappa shape index (κ2) is 5.62. The fraction of sp³-hybridized carbons (Fsp3) is 0.133. The van der Waals surface area contributed by atoms with Crippen LogP contribution in [0, 0.1) is 0 Å². The average molecular weight is 283 g/mol. The first-order valence-electron chi connectivity index (χ1n) is 6.50. The fourth-order valence-electron chi connectivity index (χ4n) is 2.06. The Morgan fingerprint density at radius 1 is 1.14 bits per heavy atom. The van der Waals surface area contributed by atoms with Crippen molar-refractivity contribution in [3.63, 3.8) is 0 Å². The van der Waals surface area contributed by atoms with E-state index in [1.807, 2.05) is 0 Å². The molecule has 2 amide bonds. The van der Waals surface area contributed by atoms with Gasteiger partial charge in [0, 0.05) is 29.3 Å². The number of carbonyl (C=O) groups excluding carboxylic acids is 2. The summed E-state index contributed by atoms with van der Waals surface area (Å²) in [5.74, 6) is -0.203. The van der Waals surface area contributed by atoms with Crippen LogP contribution in [0.15, 0.2) is 48.8 Å². The molecule has 0 spiro atoms. The molecule has 0 unspecified atom stereocenters. The van der Waals surface area contributed by atoms with Crippen molar-refractivity contribution < 1.29 is 14.3 Å². The van der Waals surface area contributed by atoms with Crippen molar-refractivity contribution in [1.29, 1.82) is 0 Å². The Morgan fingerprint density at radius 3 is 2.48 bits per heavy atom.